The zero-order valence-corrected chi connectivity index (χ0v) is 13.5. The van der Waals surface area contributed by atoms with Crippen molar-refractivity contribution in [2.24, 2.45) is 0 Å². The molecule has 2 heteroatoms. The number of hydrogen-bond acceptors (Lipinski definition) is 1. The van der Waals surface area contributed by atoms with Crippen molar-refractivity contribution in [2.75, 3.05) is 0 Å². The Bertz CT molecular complexity index is 646. The van der Waals surface area contributed by atoms with Gasteiger partial charge in [-0.05, 0) is 59.2 Å². The molecule has 2 aromatic carbocycles. The third kappa shape index (κ3) is 3.30. The van der Waals surface area contributed by atoms with Gasteiger partial charge in [-0.25, -0.2) is 0 Å². The lowest BCUT2D eigenvalue weighted by Gasteiger charge is -2.14. The summed E-state index contributed by atoms with van der Waals surface area (Å²) in [6.45, 7) is 5.18. The van der Waals surface area contributed by atoms with Gasteiger partial charge in [0.2, 0.25) is 0 Å². The Kier molecular flexibility index (Phi) is 4.32. The molecule has 110 valence electrons. The monoisotopic (exact) mass is 299 g/mol. The molecule has 0 fully saturated rings. The third-order valence-corrected chi connectivity index (χ3v) is 4.41. The van der Waals surface area contributed by atoms with Gasteiger partial charge in [0.1, 0.15) is 0 Å². The van der Waals surface area contributed by atoms with E-state index in [4.69, 9.17) is 11.6 Å². The molecule has 0 saturated carbocycles. The van der Waals surface area contributed by atoms with Crippen LogP contribution < -0.4 is 5.32 Å². The van der Waals surface area contributed by atoms with Crippen molar-refractivity contribution in [3.63, 3.8) is 0 Å². The fourth-order valence-electron chi connectivity index (χ4n) is 3.04. The average Bonchev–Trinajstić information content (AvgIpc) is 2.92. The number of aryl methyl sites for hydroxylation is 2. The van der Waals surface area contributed by atoms with E-state index in [9.17, 15) is 0 Å². The first-order valence-corrected chi connectivity index (χ1v) is 8.15. The maximum absolute atomic E-state index is 6.19. The lowest BCUT2D eigenvalue weighted by atomic mass is 9.96. The summed E-state index contributed by atoms with van der Waals surface area (Å²) in [4.78, 5) is 0. The number of nitrogens with one attached hydrogen (secondary N) is 1. The Morgan fingerprint density at radius 1 is 1.05 bits per heavy atom. The van der Waals surface area contributed by atoms with E-state index < -0.39 is 0 Å². The van der Waals surface area contributed by atoms with E-state index in [-0.39, 0.29) is 0 Å². The first kappa shape index (κ1) is 14.6. The van der Waals surface area contributed by atoms with E-state index in [0.29, 0.717) is 6.04 Å². The summed E-state index contributed by atoms with van der Waals surface area (Å²) in [5.74, 6) is 0. The van der Waals surface area contributed by atoms with Crippen molar-refractivity contribution < 1.29 is 0 Å². The summed E-state index contributed by atoms with van der Waals surface area (Å²) in [5, 5.41) is 4.30. The van der Waals surface area contributed by atoms with Gasteiger partial charge in [0.05, 0.1) is 0 Å². The zero-order valence-electron chi connectivity index (χ0n) is 12.7. The molecule has 1 aliphatic rings. The van der Waals surface area contributed by atoms with Crippen LogP contribution in [0.15, 0.2) is 36.4 Å². The van der Waals surface area contributed by atoms with Crippen molar-refractivity contribution in [1.29, 1.82) is 0 Å². The molecule has 0 aromatic heterocycles. The van der Waals surface area contributed by atoms with Gasteiger partial charge in [-0.15, -0.1) is 0 Å². The molecular formula is C19H22ClN. The molecule has 0 unspecified atom stereocenters. The molecule has 0 saturated heterocycles. The molecule has 1 aliphatic carbocycles. The predicted octanol–water partition coefficient (Wildman–Crippen LogP) is 4.99. The first-order chi connectivity index (χ1) is 10.1. The summed E-state index contributed by atoms with van der Waals surface area (Å²) >= 11 is 6.19. The van der Waals surface area contributed by atoms with Crippen LogP contribution in [0, 0.1) is 0 Å². The van der Waals surface area contributed by atoms with Crippen molar-refractivity contribution in [1.82, 2.24) is 5.32 Å². The van der Waals surface area contributed by atoms with Crippen molar-refractivity contribution in [3.8, 4) is 11.1 Å². The summed E-state index contributed by atoms with van der Waals surface area (Å²) < 4.78 is 0. The van der Waals surface area contributed by atoms with Crippen LogP contribution >= 0.6 is 11.6 Å². The average molecular weight is 300 g/mol. The molecule has 0 amide bonds. The highest BCUT2D eigenvalue weighted by Gasteiger charge is 2.13. The highest BCUT2D eigenvalue weighted by molar-refractivity contribution is 6.30. The molecule has 0 bridgehead atoms. The predicted molar refractivity (Wildman–Crippen MR) is 90.9 cm³/mol. The van der Waals surface area contributed by atoms with Crippen LogP contribution in [0.2, 0.25) is 5.02 Å². The first-order valence-electron chi connectivity index (χ1n) is 7.77. The maximum Gasteiger partial charge on any atom is 0.0409 e. The minimum absolute atomic E-state index is 0.469. The Labute approximate surface area is 132 Å². The molecule has 3 rings (SSSR count). The smallest absolute Gasteiger partial charge is 0.0409 e. The van der Waals surface area contributed by atoms with Crippen LogP contribution in [0.4, 0.5) is 0 Å². The molecule has 1 nitrogen and oxygen atoms in total. The number of fused-ring (bicyclic) bond motifs is 1. The normalized spacial score (nSPS) is 13.7. The Hall–Kier alpha value is -1.31. The van der Waals surface area contributed by atoms with E-state index in [1.165, 1.54) is 47.1 Å². The molecule has 0 radical (unpaired) electrons. The second-order valence-electron chi connectivity index (χ2n) is 6.17. The fourth-order valence-corrected chi connectivity index (χ4v) is 3.24. The molecule has 0 atom stereocenters. The summed E-state index contributed by atoms with van der Waals surface area (Å²) in [5.41, 5.74) is 6.92. The van der Waals surface area contributed by atoms with Gasteiger partial charge in [-0.1, -0.05) is 49.7 Å². The summed E-state index contributed by atoms with van der Waals surface area (Å²) in [6, 6.07) is 13.6. The zero-order chi connectivity index (χ0) is 14.8. The highest BCUT2D eigenvalue weighted by atomic mass is 35.5. The Balaban J connectivity index is 1.97. The quantitative estimate of drug-likeness (QED) is 0.838. The Morgan fingerprint density at radius 3 is 2.67 bits per heavy atom. The van der Waals surface area contributed by atoms with E-state index in [0.717, 1.165) is 11.6 Å². The number of hydrogen-bond donors (Lipinski definition) is 1. The van der Waals surface area contributed by atoms with E-state index >= 15 is 0 Å². The molecule has 2 aromatic rings. The van der Waals surface area contributed by atoms with Crippen LogP contribution in [0.1, 0.15) is 37.0 Å². The van der Waals surface area contributed by atoms with Gasteiger partial charge in [0.25, 0.3) is 0 Å². The highest BCUT2D eigenvalue weighted by Crippen LogP contribution is 2.31. The molecule has 21 heavy (non-hydrogen) atoms. The van der Waals surface area contributed by atoms with E-state index in [1.807, 2.05) is 6.07 Å². The number of benzene rings is 2. The van der Waals surface area contributed by atoms with Crippen LogP contribution in [0.5, 0.6) is 0 Å². The van der Waals surface area contributed by atoms with Gasteiger partial charge in [0.15, 0.2) is 0 Å². The number of rotatable bonds is 4. The number of halogens is 1. The largest absolute Gasteiger partial charge is 0.310 e. The van der Waals surface area contributed by atoms with Crippen molar-refractivity contribution in [3.05, 3.63) is 58.1 Å². The summed E-state index contributed by atoms with van der Waals surface area (Å²) in [7, 11) is 0. The van der Waals surface area contributed by atoms with E-state index in [2.05, 4.69) is 49.5 Å². The molecule has 0 aliphatic heterocycles. The van der Waals surface area contributed by atoms with E-state index in [1.54, 1.807) is 0 Å². The van der Waals surface area contributed by atoms with Crippen molar-refractivity contribution in [2.45, 2.75) is 45.7 Å². The maximum atomic E-state index is 6.19. The van der Waals surface area contributed by atoms with Crippen molar-refractivity contribution >= 4 is 11.6 Å². The second kappa shape index (κ2) is 6.21. The lowest BCUT2D eigenvalue weighted by Crippen LogP contribution is -2.22. The second-order valence-corrected chi connectivity index (χ2v) is 6.61. The topological polar surface area (TPSA) is 12.0 Å². The minimum Gasteiger partial charge on any atom is -0.310 e. The lowest BCUT2D eigenvalue weighted by molar-refractivity contribution is 0.589. The van der Waals surface area contributed by atoms with Crippen LogP contribution in [0.25, 0.3) is 11.1 Å². The van der Waals surface area contributed by atoms with Gasteiger partial charge in [-0.2, -0.15) is 0 Å². The minimum atomic E-state index is 0.469. The molecule has 0 spiro atoms. The van der Waals surface area contributed by atoms with Gasteiger partial charge >= 0.3 is 0 Å². The van der Waals surface area contributed by atoms with Crippen LogP contribution in [-0.2, 0) is 19.4 Å². The Morgan fingerprint density at radius 2 is 1.86 bits per heavy atom. The molecule has 1 N–H and O–H groups in total. The molecular weight excluding hydrogens is 278 g/mol. The van der Waals surface area contributed by atoms with Gasteiger partial charge in [0, 0.05) is 17.6 Å². The summed E-state index contributed by atoms with van der Waals surface area (Å²) in [6.07, 6.45) is 3.75. The third-order valence-electron chi connectivity index (χ3n) is 4.18. The fraction of sp³-hybridized carbons (Fsp3) is 0.368. The van der Waals surface area contributed by atoms with Crippen LogP contribution in [-0.4, -0.2) is 6.04 Å². The molecule has 0 heterocycles. The van der Waals surface area contributed by atoms with Crippen LogP contribution in [0.3, 0.4) is 0 Å². The standard InChI is InChI=1S/C19H22ClN/c1-13(2)21-12-17-11-18(20)8-9-19(17)16-7-6-14-4-3-5-15(14)10-16/h6-11,13,21H,3-5,12H2,1-2H3. The SMILES string of the molecule is CC(C)NCc1cc(Cl)ccc1-c1ccc2c(c1)CCC2. The van der Waals surface area contributed by atoms with Gasteiger partial charge in [-0.3, -0.25) is 0 Å². The van der Waals surface area contributed by atoms with Gasteiger partial charge < -0.3 is 5.32 Å².